The minimum atomic E-state index is -0.515. The molecule has 2 aliphatic rings. The molecule has 0 amide bonds. The third-order valence-corrected chi connectivity index (χ3v) is 7.54. The molecule has 0 N–H and O–H groups in total. The molecule has 2 aromatic rings. The topological polar surface area (TPSA) is 51.5 Å². The third-order valence-electron chi connectivity index (χ3n) is 6.97. The molecule has 34 heavy (non-hydrogen) atoms. The van der Waals surface area contributed by atoms with Crippen LogP contribution in [-0.2, 0) is 24.2 Å². The number of aromatic nitrogens is 1. The molecule has 4 rings (SSSR count). The Bertz CT molecular complexity index is 1070. The van der Waals surface area contributed by atoms with Crippen molar-refractivity contribution in [3.05, 3.63) is 67.5 Å². The van der Waals surface area contributed by atoms with Gasteiger partial charge in [-0.15, -0.1) is 0 Å². The van der Waals surface area contributed by atoms with Crippen LogP contribution in [0.5, 0.6) is 0 Å². The molecule has 0 aliphatic heterocycles. The van der Waals surface area contributed by atoms with E-state index in [-0.39, 0.29) is 11.5 Å². The quantitative estimate of drug-likeness (QED) is 0.390. The van der Waals surface area contributed by atoms with Crippen LogP contribution in [0.25, 0.3) is 0 Å². The van der Waals surface area contributed by atoms with Gasteiger partial charge >= 0.3 is 5.97 Å². The molecule has 0 spiro atoms. The van der Waals surface area contributed by atoms with E-state index < -0.39 is 5.60 Å². The Morgan fingerprint density at radius 1 is 1.12 bits per heavy atom. The summed E-state index contributed by atoms with van der Waals surface area (Å²) in [4.78, 5) is 28.0. The van der Waals surface area contributed by atoms with Crippen molar-refractivity contribution >= 4 is 21.9 Å². The number of hydrogen-bond donors (Lipinski definition) is 0. The van der Waals surface area contributed by atoms with Gasteiger partial charge in [-0.2, -0.15) is 0 Å². The van der Waals surface area contributed by atoms with E-state index in [4.69, 9.17) is 4.74 Å². The fourth-order valence-electron chi connectivity index (χ4n) is 4.95. The molecule has 184 valence electrons. The summed E-state index contributed by atoms with van der Waals surface area (Å²) in [7, 11) is 2.21. The summed E-state index contributed by atoms with van der Waals surface area (Å²) >= 11 is 3.54. The highest BCUT2D eigenvalue weighted by molar-refractivity contribution is 9.10. The Balaban J connectivity index is 1.54. The maximum Gasteiger partial charge on any atom is 0.338 e. The number of pyridine rings is 1. The van der Waals surface area contributed by atoms with Crippen molar-refractivity contribution in [3.8, 4) is 0 Å². The van der Waals surface area contributed by atoms with Crippen molar-refractivity contribution < 1.29 is 9.53 Å². The SMILES string of the molecule is CN(Cc1c(C2CC2)cc(Br)c(=O)n1CCc1ccc(C(=O)OC(C)(C)C)cc1)C1CCCC1. The second kappa shape index (κ2) is 10.4. The number of ether oxygens (including phenoxy) is 1. The first kappa shape index (κ1) is 25.2. The summed E-state index contributed by atoms with van der Waals surface area (Å²) in [6.45, 7) is 7.04. The molecule has 6 heteroatoms. The molecular formula is C28H37BrN2O3. The molecule has 1 aromatic carbocycles. The van der Waals surface area contributed by atoms with Gasteiger partial charge in [0, 0.05) is 24.8 Å². The summed E-state index contributed by atoms with van der Waals surface area (Å²) in [6, 6.07) is 10.3. The van der Waals surface area contributed by atoms with Crippen molar-refractivity contribution in [1.82, 2.24) is 9.47 Å². The van der Waals surface area contributed by atoms with Gasteiger partial charge in [-0.1, -0.05) is 25.0 Å². The summed E-state index contributed by atoms with van der Waals surface area (Å²) in [5, 5.41) is 0. The molecule has 1 aromatic heterocycles. The van der Waals surface area contributed by atoms with Gasteiger partial charge in [-0.3, -0.25) is 9.69 Å². The molecule has 0 bridgehead atoms. The van der Waals surface area contributed by atoms with E-state index in [1.54, 1.807) is 0 Å². The highest BCUT2D eigenvalue weighted by atomic mass is 79.9. The van der Waals surface area contributed by atoms with E-state index in [1.165, 1.54) is 49.8 Å². The summed E-state index contributed by atoms with van der Waals surface area (Å²) < 4.78 is 8.11. The first-order valence-electron chi connectivity index (χ1n) is 12.6. The zero-order chi connectivity index (χ0) is 24.5. The van der Waals surface area contributed by atoms with Crippen LogP contribution < -0.4 is 5.56 Å². The van der Waals surface area contributed by atoms with Gasteiger partial charge in [0.25, 0.3) is 5.56 Å². The number of carbonyl (C=O) groups excluding carboxylic acids is 1. The normalized spacial score (nSPS) is 16.9. The van der Waals surface area contributed by atoms with Crippen LogP contribution >= 0.6 is 15.9 Å². The number of halogens is 1. The minimum Gasteiger partial charge on any atom is -0.456 e. The Kier molecular flexibility index (Phi) is 7.68. The second-order valence-corrected chi connectivity index (χ2v) is 11.8. The number of benzene rings is 1. The van der Waals surface area contributed by atoms with Gasteiger partial charge in [0.15, 0.2) is 0 Å². The average molecular weight is 530 g/mol. The number of aryl methyl sites for hydroxylation is 1. The van der Waals surface area contributed by atoms with Gasteiger partial charge in [0.2, 0.25) is 0 Å². The Morgan fingerprint density at radius 3 is 2.35 bits per heavy atom. The van der Waals surface area contributed by atoms with Crippen LogP contribution in [-0.4, -0.2) is 34.1 Å². The van der Waals surface area contributed by atoms with E-state index in [0.29, 0.717) is 28.5 Å². The number of esters is 1. The number of carbonyl (C=O) groups is 1. The number of hydrogen-bond acceptors (Lipinski definition) is 4. The molecular weight excluding hydrogens is 492 g/mol. The molecule has 0 radical (unpaired) electrons. The summed E-state index contributed by atoms with van der Waals surface area (Å²) in [5.41, 5.74) is 3.69. The smallest absolute Gasteiger partial charge is 0.338 e. The minimum absolute atomic E-state index is 0.0459. The summed E-state index contributed by atoms with van der Waals surface area (Å²) in [6.07, 6.45) is 8.25. The van der Waals surface area contributed by atoms with Gasteiger partial charge in [-0.25, -0.2) is 4.79 Å². The third kappa shape index (κ3) is 6.19. The largest absolute Gasteiger partial charge is 0.456 e. The molecule has 2 saturated carbocycles. The average Bonchev–Trinajstić information content (AvgIpc) is 3.47. The van der Waals surface area contributed by atoms with E-state index in [9.17, 15) is 9.59 Å². The van der Waals surface area contributed by atoms with E-state index in [1.807, 2.05) is 49.6 Å². The lowest BCUT2D eigenvalue weighted by atomic mass is 10.1. The Hall–Kier alpha value is -1.92. The van der Waals surface area contributed by atoms with Crippen molar-refractivity contribution in [1.29, 1.82) is 0 Å². The van der Waals surface area contributed by atoms with Crippen LogP contribution in [0.2, 0.25) is 0 Å². The highest BCUT2D eigenvalue weighted by Crippen LogP contribution is 2.42. The fourth-order valence-corrected chi connectivity index (χ4v) is 5.41. The van der Waals surface area contributed by atoms with E-state index in [0.717, 1.165) is 18.5 Å². The Labute approximate surface area is 211 Å². The van der Waals surface area contributed by atoms with Gasteiger partial charge < -0.3 is 9.30 Å². The highest BCUT2D eigenvalue weighted by Gasteiger charge is 2.30. The van der Waals surface area contributed by atoms with E-state index >= 15 is 0 Å². The van der Waals surface area contributed by atoms with Gasteiger partial charge in [-0.05, 0) is 111 Å². The van der Waals surface area contributed by atoms with Crippen LogP contribution in [0.15, 0.2) is 39.6 Å². The van der Waals surface area contributed by atoms with Crippen molar-refractivity contribution in [2.24, 2.45) is 0 Å². The van der Waals surface area contributed by atoms with Gasteiger partial charge in [0.05, 0.1) is 10.0 Å². The van der Waals surface area contributed by atoms with Crippen LogP contribution in [0.3, 0.4) is 0 Å². The monoisotopic (exact) mass is 528 g/mol. The maximum atomic E-state index is 13.2. The van der Waals surface area contributed by atoms with Crippen LogP contribution in [0.4, 0.5) is 0 Å². The molecule has 0 atom stereocenters. The van der Waals surface area contributed by atoms with Crippen molar-refractivity contribution in [2.75, 3.05) is 7.05 Å². The maximum absolute atomic E-state index is 13.2. The van der Waals surface area contributed by atoms with Crippen LogP contribution in [0.1, 0.15) is 92.4 Å². The summed E-state index contributed by atoms with van der Waals surface area (Å²) in [5.74, 6) is 0.261. The van der Waals surface area contributed by atoms with Crippen molar-refractivity contribution in [2.45, 2.75) is 96.4 Å². The predicted molar refractivity (Wildman–Crippen MR) is 139 cm³/mol. The molecule has 0 unspecified atom stereocenters. The zero-order valence-electron chi connectivity index (χ0n) is 20.9. The molecule has 1 heterocycles. The van der Waals surface area contributed by atoms with Gasteiger partial charge in [0.1, 0.15) is 5.60 Å². The lowest BCUT2D eigenvalue weighted by molar-refractivity contribution is 0.00695. The second-order valence-electron chi connectivity index (χ2n) is 10.9. The Morgan fingerprint density at radius 2 is 1.76 bits per heavy atom. The number of rotatable bonds is 8. The standard InChI is InChI=1S/C28H37BrN2O3/c1-28(2,3)34-27(33)21-11-9-19(10-12-21)15-16-31-25(18-30(4)22-7-5-6-8-22)23(20-13-14-20)17-24(29)26(31)32/h9-12,17,20,22H,5-8,13-16,18H2,1-4H3. The first-order chi connectivity index (χ1) is 16.1. The van der Waals surface area contributed by atoms with E-state index in [2.05, 4.69) is 33.9 Å². The fraction of sp³-hybridized carbons (Fsp3) is 0.571. The molecule has 2 fully saturated rings. The molecule has 5 nitrogen and oxygen atoms in total. The lowest BCUT2D eigenvalue weighted by Gasteiger charge is -2.27. The predicted octanol–water partition coefficient (Wildman–Crippen LogP) is 6.06. The van der Waals surface area contributed by atoms with Crippen molar-refractivity contribution in [3.63, 3.8) is 0 Å². The molecule has 2 aliphatic carbocycles. The van der Waals surface area contributed by atoms with Crippen LogP contribution in [0, 0.1) is 0 Å². The lowest BCUT2D eigenvalue weighted by Crippen LogP contribution is -2.34. The molecule has 0 saturated heterocycles. The zero-order valence-corrected chi connectivity index (χ0v) is 22.5. The first-order valence-corrected chi connectivity index (χ1v) is 13.4. The number of nitrogens with zero attached hydrogens (tertiary/aromatic N) is 2.